The first-order valence-electron chi connectivity index (χ1n) is 15.5. The summed E-state index contributed by atoms with van der Waals surface area (Å²) in [5.74, 6) is -2.00. The van der Waals surface area contributed by atoms with Gasteiger partial charge in [0.25, 0.3) is 0 Å². The lowest BCUT2D eigenvalue weighted by atomic mass is 10.0. The van der Waals surface area contributed by atoms with Crippen LogP contribution in [0, 0.1) is 11.8 Å². The summed E-state index contributed by atoms with van der Waals surface area (Å²) in [7, 11) is 0. The maximum absolute atomic E-state index is 13.8. The third-order valence-corrected chi connectivity index (χ3v) is 7.92. The van der Waals surface area contributed by atoms with E-state index in [2.05, 4.69) is 16.0 Å². The molecule has 12 heteroatoms. The molecule has 2 saturated heterocycles. The number of benzene rings is 1. The number of aliphatic hydroxyl groups excluding tert-OH is 1. The van der Waals surface area contributed by atoms with Gasteiger partial charge in [-0.2, -0.15) is 0 Å². The van der Waals surface area contributed by atoms with Crippen molar-refractivity contribution in [3.8, 4) is 0 Å². The molecule has 1 aromatic carbocycles. The lowest BCUT2D eigenvalue weighted by Crippen LogP contribution is -2.59. The number of alkyl carbamates (subject to hydrolysis) is 1. The van der Waals surface area contributed by atoms with Crippen LogP contribution in [0.4, 0.5) is 10.5 Å². The highest BCUT2D eigenvalue weighted by atomic mass is 16.6. The zero-order chi connectivity index (χ0) is 32.8. The highest BCUT2D eigenvalue weighted by Gasteiger charge is 2.42. The standard InChI is InChI=1S/C32H49N5O7/c1-19(2)25(29(41)36-16-8-10-23(36)27(39)33-22-14-12-21(18-38)13-15-22)34-28(40)24-11-9-17-37(24)30(42)26(20(3)4)35-31(43)44-32(5,6)7/h12-15,19-20,23-26,38H,8-11,16-18H2,1-7H3,(H,33,39)(H,34,40)(H,35,43)/t23-,24-,25-,26-/m0/s1. The van der Waals surface area contributed by atoms with E-state index in [0.717, 1.165) is 5.56 Å². The fourth-order valence-electron chi connectivity index (χ4n) is 5.59. The summed E-state index contributed by atoms with van der Waals surface area (Å²) >= 11 is 0. The summed E-state index contributed by atoms with van der Waals surface area (Å²) < 4.78 is 5.35. The predicted molar refractivity (Wildman–Crippen MR) is 165 cm³/mol. The summed E-state index contributed by atoms with van der Waals surface area (Å²) in [6.45, 7) is 13.1. The highest BCUT2D eigenvalue weighted by Crippen LogP contribution is 2.24. The van der Waals surface area contributed by atoms with Crippen molar-refractivity contribution in [3.63, 3.8) is 0 Å². The molecule has 12 nitrogen and oxygen atoms in total. The number of carbonyl (C=O) groups excluding carboxylic acids is 5. The van der Waals surface area contributed by atoms with E-state index < -0.39 is 41.8 Å². The highest BCUT2D eigenvalue weighted by molar-refractivity contribution is 5.99. The van der Waals surface area contributed by atoms with Crippen LogP contribution >= 0.6 is 0 Å². The molecular weight excluding hydrogens is 566 g/mol. The summed E-state index contributed by atoms with van der Waals surface area (Å²) in [5, 5.41) is 17.7. The number of nitrogens with one attached hydrogen (secondary N) is 3. The Bertz CT molecular complexity index is 1190. The Labute approximate surface area is 260 Å². The van der Waals surface area contributed by atoms with Crippen molar-refractivity contribution in [2.75, 3.05) is 18.4 Å². The normalized spacial score (nSPS) is 20.0. The van der Waals surface area contributed by atoms with Crippen LogP contribution in [0.5, 0.6) is 0 Å². The number of nitrogens with zero attached hydrogens (tertiary/aromatic N) is 2. The zero-order valence-electron chi connectivity index (χ0n) is 27.0. The molecule has 2 heterocycles. The second kappa shape index (κ2) is 14.9. The predicted octanol–water partition coefficient (Wildman–Crippen LogP) is 2.79. The molecule has 2 fully saturated rings. The molecule has 2 aliphatic rings. The van der Waals surface area contributed by atoms with Crippen molar-refractivity contribution in [2.45, 2.75) is 111 Å². The van der Waals surface area contributed by atoms with Crippen molar-refractivity contribution in [3.05, 3.63) is 29.8 Å². The Kier molecular flexibility index (Phi) is 11.8. The van der Waals surface area contributed by atoms with Gasteiger partial charge in [-0.1, -0.05) is 39.8 Å². The van der Waals surface area contributed by atoms with Gasteiger partial charge in [0.1, 0.15) is 29.8 Å². The Morgan fingerprint density at radius 2 is 1.30 bits per heavy atom. The minimum Gasteiger partial charge on any atom is -0.444 e. The fraction of sp³-hybridized carbons (Fsp3) is 0.656. The number of anilines is 1. The number of likely N-dealkylation sites (tertiary alicyclic amines) is 2. The van der Waals surface area contributed by atoms with Gasteiger partial charge in [-0.15, -0.1) is 0 Å². The van der Waals surface area contributed by atoms with Crippen LogP contribution in [0.2, 0.25) is 0 Å². The molecule has 0 aliphatic carbocycles. The fourth-order valence-corrected chi connectivity index (χ4v) is 5.59. The first-order chi connectivity index (χ1) is 20.6. The van der Waals surface area contributed by atoms with Gasteiger partial charge in [0.2, 0.25) is 23.6 Å². The van der Waals surface area contributed by atoms with Gasteiger partial charge >= 0.3 is 6.09 Å². The van der Waals surface area contributed by atoms with Gasteiger partial charge in [-0.05, 0) is 76.0 Å². The van der Waals surface area contributed by atoms with Gasteiger partial charge in [0.05, 0.1) is 6.61 Å². The van der Waals surface area contributed by atoms with E-state index in [9.17, 15) is 29.1 Å². The van der Waals surface area contributed by atoms with Crippen LogP contribution in [0.15, 0.2) is 24.3 Å². The molecule has 0 radical (unpaired) electrons. The van der Waals surface area contributed by atoms with Crippen molar-refractivity contribution >= 4 is 35.4 Å². The number of hydrogen-bond acceptors (Lipinski definition) is 7. The van der Waals surface area contributed by atoms with E-state index in [4.69, 9.17) is 4.74 Å². The third kappa shape index (κ3) is 8.93. The Morgan fingerprint density at radius 3 is 1.75 bits per heavy atom. The van der Waals surface area contributed by atoms with Crippen LogP contribution in [0.3, 0.4) is 0 Å². The van der Waals surface area contributed by atoms with E-state index in [1.165, 1.54) is 9.80 Å². The first kappa shape index (κ1) is 34.8. The molecule has 0 spiro atoms. The van der Waals surface area contributed by atoms with E-state index in [0.29, 0.717) is 44.5 Å². The third-order valence-electron chi connectivity index (χ3n) is 7.92. The second-order valence-corrected chi connectivity index (χ2v) is 13.3. The maximum Gasteiger partial charge on any atom is 0.408 e. The van der Waals surface area contributed by atoms with Crippen molar-refractivity contribution in [2.24, 2.45) is 11.8 Å². The number of rotatable bonds is 10. The van der Waals surface area contributed by atoms with Crippen LogP contribution in [-0.2, 0) is 30.5 Å². The average Bonchev–Trinajstić information content (AvgIpc) is 3.63. The smallest absolute Gasteiger partial charge is 0.408 e. The summed E-state index contributed by atoms with van der Waals surface area (Å²) in [6, 6.07) is 3.57. The molecule has 44 heavy (non-hydrogen) atoms. The lowest BCUT2D eigenvalue weighted by molar-refractivity contribution is -0.144. The minimum absolute atomic E-state index is 0.102. The number of hydrogen-bond donors (Lipinski definition) is 4. The molecule has 4 atom stereocenters. The molecule has 0 unspecified atom stereocenters. The number of aliphatic hydroxyl groups is 1. The molecule has 244 valence electrons. The first-order valence-corrected chi connectivity index (χ1v) is 15.5. The van der Waals surface area contributed by atoms with E-state index in [-0.39, 0.29) is 36.2 Å². The molecule has 0 bridgehead atoms. The van der Waals surface area contributed by atoms with E-state index in [1.54, 1.807) is 45.0 Å². The van der Waals surface area contributed by atoms with Crippen LogP contribution in [0.25, 0.3) is 0 Å². The van der Waals surface area contributed by atoms with Gasteiger partial charge < -0.3 is 35.6 Å². The van der Waals surface area contributed by atoms with Crippen LogP contribution in [-0.4, -0.2) is 87.5 Å². The Hall–Kier alpha value is -3.67. The molecule has 5 amide bonds. The summed E-state index contributed by atoms with van der Waals surface area (Å²) in [5.41, 5.74) is 0.550. The van der Waals surface area contributed by atoms with E-state index in [1.807, 2.05) is 27.7 Å². The van der Waals surface area contributed by atoms with Gasteiger partial charge in [0.15, 0.2) is 0 Å². The molecule has 0 aromatic heterocycles. The second-order valence-electron chi connectivity index (χ2n) is 13.3. The molecule has 0 saturated carbocycles. The quantitative estimate of drug-likeness (QED) is 0.315. The number of ether oxygens (including phenoxy) is 1. The van der Waals surface area contributed by atoms with E-state index >= 15 is 0 Å². The van der Waals surface area contributed by atoms with Gasteiger partial charge in [0, 0.05) is 18.8 Å². The van der Waals surface area contributed by atoms with Gasteiger partial charge in [-0.3, -0.25) is 19.2 Å². The molecule has 2 aliphatic heterocycles. The van der Waals surface area contributed by atoms with Crippen molar-refractivity contribution in [1.29, 1.82) is 0 Å². The molecular formula is C32H49N5O7. The summed E-state index contributed by atoms with van der Waals surface area (Å²) in [6.07, 6.45) is 1.48. The van der Waals surface area contributed by atoms with Crippen molar-refractivity contribution in [1.82, 2.24) is 20.4 Å². The number of carbonyl (C=O) groups is 5. The molecule has 1 aromatic rings. The SMILES string of the molecule is CC(C)[C@H](NC(=O)OC(C)(C)C)C(=O)N1CCC[C@H]1C(=O)N[C@H](C(=O)N1CCC[C@H]1C(=O)Nc1ccc(CO)cc1)C(C)C. The monoisotopic (exact) mass is 615 g/mol. The van der Waals surface area contributed by atoms with Crippen LogP contribution < -0.4 is 16.0 Å². The zero-order valence-corrected chi connectivity index (χ0v) is 27.0. The topological polar surface area (TPSA) is 157 Å². The largest absolute Gasteiger partial charge is 0.444 e. The minimum atomic E-state index is -0.891. The summed E-state index contributed by atoms with van der Waals surface area (Å²) in [4.78, 5) is 69.7. The molecule has 4 N–H and O–H groups in total. The average molecular weight is 616 g/mol. The van der Waals surface area contributed by atoms with Gasteiger partial charge in [-0.25, -0.2) is 4.79 Å². The van der Waals surface area contributed by atoms with Crippen LogP contribution in [0.1, 0.15) is 79.7 Å². The maximum atomic E-state index is 13.8. The van der Waals surface area contributed by atoms with Crippen molar-refractivity contribution < 1.29 is 33.8 Å². The lowest BCUT2D eigenvalue weighted by Gasteiger charge is -2.33. The Balaban J connectivity index is 1.69. The Morgan fingerprint density at radius 1 is 0.818 bits per heavy atom. The number of amides is 5. The molecule has 3 rings (SSSR count).